The number of carbonyl (C=O) groups excluding carboxylic acids is 4. The number of hydrogen-bond donors (Lipinski definition) is 2. The van der Waals surface area contributed by atoms with Crippen molar-refractivity contribution in [2.24, 2.45) is 0 Å². The highest BCUT2D eigenvalue weighted by Gasteiger charge is 2.37. The lowest BCUT2D eigenvalue weighted by atomic mass is 10.2. The Morgan fingerprint density at radius 2 is 1.76 bits per heavy atom. The van der Waals surface area contributed by atoms with Crippen molar-refractivity contribution in [2.75, 3.05) is 33.9 Å². The molecular formula is C16H32N3O7PSi2. The number of Topliss-reactive ketones (excluding diaryl/α,β-unsaturated/α-hetero) is 1. The van der Waals surface area contributed by atoms with E-state index in [4.69, 9.17) is 18.3 Å². The Labute approximate surface area is 177 Å². The Hall–Kier alpha value is -1.18. The van der Waals surface area contributed by atoms with Crippen LogP contribution in [0.2, 0.25) is 6.04 Å². The monoisotopic (exact) mass is 465 g/mol. The molecule has 1 rings (SSSR count). The van der Waals surface area contributed by atoms with Crippen molar-refractivity contribution in [1.82, 2.24) is 10.2 Å². The van der Waals surface area contributed by atoms with Crippen molar-refractivity contribution in [3.05, 3.63) is 0 Å². The van der Waals surface area contributed by atoms with Crippen LogP contribution < -0.4 is 5.32 Å². The summed E-state index contributed by atoms with van der Waals surface area (Å²) in [4.78, 5) is 47.5. The van der Waals surface area contributed by atoms with Gasteiger partial charge in [-0.2, -0.15) is 0 Å². The maximum Gasteiger partial charge on any atom is 0.500 e. The standard InChI is InChI=1S/C16H28N2O7Si.H4NPSi/c1-4-25-26(23-2,24-3)11-5-10-17-14(20)7-6-13(19)12-18-15(21)8-9-16(18)22;1-3-2/h4-12H2,1-3H3,(H,17,20);1,3H,2H2. The summed E-state index contributed by atoms with van der Waals surface area (Å²) in [5.74, 6) is -1.21. The molecule has 166 valence electrons. The van der Waals surface area contributed by atoms with E-state index in [1.54, 1.807) is 14.2 Å². The topological polar surface area (TPSA) is 135 Å². The molecule has 1 saturated heterocycles. The van der Waals surface area contributed by atoms with Gasteiger partial charge in [-0.1, -0.05) is 0 Å². The predicted molar refractivity (Wildman–Crippen MR) is 114 cm³/mol. The number of rotatable bonds is 13. The average molecular weight is 466 g/mol. The first-order valence-electron chi connectivity index (χ1n) is 9.35. The van der Waals surface area contributed by atoms with Crippen LogP contribution in [-0.4, -0.2) is 80.1 Å². The zero-order chi connectivity index (χ0) is 22.3. The van der Waals surface area contributed by atoms with Crippen molar-refractivity contribution < 1.29 is 32.5 Å². The molecule has 1 aliphatic heterocycles. The highest BCUT2D eigenvalue weighted by atomic mass is 31.3. The van der Waals surface area contributed by atoms with Crippen LogP contribution >= 0.6 is 8.79 Å². The number of amides is 3. The third-order valence-corrected chi connectivity index (χ3v) is 7.03. The Morgan fingerprint density at radius 3 is 2.24 bits per heavy atom. The number of hydrogen-bond acceptors (Lipinski definition) is 8. The Bertz CT molecular complexity index is 561. The fourth-order valence-electron chi connectivity index (χ4n) is 2.63. The summed E-state index contributed by atoms with van der Waals surface area (Å²) in [6.45, 7) is 2.53. The summed E-state index contributed by atoms with van der Waals surface area (Å²) in [5, 5.41) is 8.98. The number of likely N-dealkylation sites (tertiary alicyclic amines) is 1. The van der Waals surface area contributed by atoms with Crippen molar-refractivity contribution in [1.29, 1.82) is 5.05 Å². The zero-order valence-electron chi connectivity index (χ0n) is 17.3. The molecule has 1 atom stereocenters. The zero-order valence-corrected chi connectivity index (χ0v) is 20.6. The molecular weight excluding hydrogens is 433 g/mol. The van der Waals surface area contributed by atoms with Gasteiger partial charge in [-0.3, -0.25) is 24.1 Å². The van der Waals surface area contributed by atoms with Gasteiger partial charge in [0.15, 0.2) is 5.78 Å². The van der Waals surface area contributed by atoms with Crippen LogP contribution in [0.25, 0.3) is 0 Å². The number of imide groups is 1. The van der Waals surface area contributed by atoms with Gasteiger partial charge in [0.05, 0.1) is 6.54 Å². The van der Waals surface area contributed by atoms with Crippen LogP contribution in [0, 0.1) is 5.05 Å². The molecule has 0 aliphatic carbocycles. The van der Waals surface area contributed by atoms with Gasteiger partial charge in [0.25, 0.3) is 0 Å². The molecule has 29 heavy (non-hydrogen) atoms. The fourth-order valence-corrected chi connectivity index (χ4v) is 4.63. The Morgan fingerprint density at radius 1 is 1.21 bits per heavy atom. The van der Waals surface area contributed by atoms with Gasteiger partial charge in [-0.25, -0.2) is 0 Å². The van der Waals surface area contributed by atoms with Gasteiger partial charge in [0.1, 0.15) is 8.98 Å². The Balaban J connectivity index is 0.00000245. The van der Waals surface area contributed by atoms with E-state index >= 15 is 0 Å². The number of nitrogens with one attached hydrogen (secondary N) is 2. The molecule has 13 heteroatoms. The number of nitrogens with zero attached hydrogens (tertiary/aromatic N) is 1. The molecule has 0 radical (unpaired) electrons. The van der Waals surface area contributed by atoms with E-state index < -0.39 is 8.80 Å². The van der Waals surface area contributed by atoms with Crippen LogP contribution in [-0.2, 0) is 32.5 Å². The van der Waals surface area contributed by atoms with Gasteiger partial charge in [-0.05, 0) is 13.3 Å². The molecule has 10 nitrogen and oxygen atoms in total. The summed E-state index contributed by atoms with van der Waals surface area (Å²) >= 11 is 0. The van der Waals surface area contributed by atoms with Gasteiger partial charge >= 0.3 is 8.80 Å². The molecule has 1 unspecified atom stereocenters. The molecule has 2 N–H and O–H groups in total. The van der Waals surface area contributed by atoms with E-state index in [2.05, 4.69) is 14.1 Å². The van der Waals surface area contributed by atoms with Crippen molar-refractivity contribution >= 4 is 50.1 Å². The second-order valence-electron chi connectivity index (χ2n) is 6.06. The molecule has 1 aliphatic rings. The fraction of sp³-hybridized carbons (Fsp3) is 0.750. The lowest BCUT2D eigenvalue weighted by Gasteiger charge is -2.25. The maximum atomic E-state index is 11.8. The summed E-state index contributed by atoms with van der Waals surface area (Å²) < 4.78 is 16.3. The number of ketones is 1. The smallest absolute Gasteiger partial charge is 0.377 e. The largest absolute Gasteiger partial charge is 0.500 e. The van der Waals surface area contributed by atoms with E-state index in [1.807, 2.05) is 6.92 Å². The Kier molecular flexibility index (Phi) is 15.0. The van der Waals surface area contributed by atoms with Crippen LogP contribution in [0.1, 0.15) is 39.0 Å². The summed E-state index contributed by atoms with van der Waals surface area (Å²) in [6, 6.07) is 0.576. The van der Waals surface area contributed by atoms with Crippen molar-refractivity contribution in [3.8, 4) is 0 Å². The molecule has 0 spiro atoms. The lowest BCUT2D eigenvalue weighted by molar-refractivity contribution is -0.141. The second kappa shape index (κ2) is 15.6. The molecule has 0 bridgehead atoms. The molecule has 3 amide bonds. The van der Waals surface area contributed by atoms with Crippen molar-refractivity contribution in [3.63, 3.8) is 0 Å². The first kappa shape index (κ1) is 27.8. The van der Waals surface area contributed by atoms with Crippen LogP contribution in [0.4, 0.5) is 0 Å². The van der Waals surface area contributed by atoms with Gasteiger partial charge in [0, 0.05) is 59.1 Å². The second-order valence-corrected chi connectivity index (χ2v) is 10.4. The lowest BCUT2D eigenvalue weighted by Crippen LogP contribution is -2.44. The molecule has 1 fully saturated rings. The number of carbonyl (C=O) groups is 4. The van der Waals surface area contributed by atoms with Gasteiger partial charge < -0.3 is 23.6 Å². The molecule has 0 aromatic rings. The minimum Gasteiger partial charge on any atom is -0.377 e. The summed E-state index contributed by atoms with van der Waals surface area (Å²) in [6.07, 6.45) is 0.961. The third kappa shape index (κ3) is 11.0. The predicted octanol–water partition coefficient (Wildman–Crippen LogP) is 0.235. The summed E-state index contributed by atoms with van der Waals surface area (Å²) in [5.41, 5.74) is 0. The third-order valence-electron chi connectivity index (χ3n) is 4.09. The molecule has 0 aromatic heterocycles. The molecule has 0 saturated carbocycles. The normalized spacial score (nSPS) is 13.7. The first-order chi connectivity index (χ1) is 13.8. The minimum atomic E-state index is -2.66. The average Bonchev–Trinajstić information content (AvgIpc) is 3.01. The van der Waals surface area contributed by atoms with Gasteiger partial charge in [0.2, 0.25) is 17.7 Å². The van der Waals surface area contributed by atoms with Gasteiger partial charge in [-0.15, -0.1) is 8.79 Å². The van der Waals surface area contributed by atoms with Crippen LogP contribution in [0.15, 0.2) is 0 Å². The molecule has 0 aromatic carbocycles. The van der Waals surface area contributed by atoms with E-state index in [0.29, 0.717) is 25.6 Å². The maximum absolute atomic E-state index is 11.8. The van der Waals surface area contributed by atoms with Crippen LogP contribution in [0.5, 0.6) is 0 Å². The van der Waals surface area contributed by atoms with E-state index in [1.165, 1.54) is 0 Å². The SMILES string of the molecule is CCO[Si](CCCNC(=O)CCC(=O)CN1C(=O)CCC1=O)(OC)OC.N=[SiH]P. The minimum absolute atomic E-state index is 0.00330. The highest BCUT2D eigenvalue weighted by molar-refractivity contribution is 7.52. The van der Waals surface area contributed by atoms with E-state index in [-0.39, 0.29) is 64.7 Å². The quantitative estimate of drug-likeness (QED) is 0.172. The highest BCUT2D eigenvalue weighted by Crippen LogP contribution is 2.15. The van der Waals surface area contributed by atoms with E-state index in [9.17, 15) is 19.2 Å². The molecule has 1 heterocycles. The van der Waals surface area contributed by atoms with Crippen molar-refractivity contribution in [2.45, 2.75) is 45.1 Å². The van der Waals surface area contributed by atoms with Crippen LogP contribution in [0.3, 0.4) is 0 Å². The summed E-state index contributed by atoms with van der Waals surface area (Å²) in [7, 11) is 2.68. The van der Waals surface area contributed by atoms with E-state index in [0.717, 1.165) is 4.90 Å². The first-order valence-corrected chi connectivity index (χ1v) is 14.5.